The summed E-state index contributed by atoms with van der Waals surface area (Å²) >= 11 is 0. The zero-order valence-corrected chi connectivity index (χ0v) is 23.0. The Balaban J connectivity index is 1.24. The lowest BCUT2D eigenvalue weighted by Crippen LogP contribution is -2.56. The van der Waals surface area contributed by atoms with Gasteiger partial charge in [0.05, 0.1) is 12.3 Å². The topological polar surface area (TPSA) is 57.7 Å². The second-order valence-corrected chi connectivity index (χ2v) is 15.3. The third-order valence-electron chi connectivity index (χ3n) is 11.4. The summed E-state index contributed by atoms with van der Waals surface area (Å²) in [5.41, 5.74) is -0.956. The lowest BCUT2D eigenvalue weighted by molar-refractivity contribution is -0.146. The maximum Gasteiger partial charge on any atom is 0.213 e. The number of carbonyl (C=O) groups excluding carboxylic acids is 1. The summed E-state index contributed by atoms with van der Waals surface area (Å²) < 4.78 is 42.7. The van der Waals surface area contributed by atoms with Crippen molar-refractivity contribution in [2.75, 3.05) is 38.5 Å². The highest BCUT2D eigenvalue weighted by Gasteiger charge is 2.62. The molecule has 5 aliphatic rings. The van der Waals surface area contributed by atoms with E-state index in [0.717, 1.165) is 70.8 Å². The number of alkyl halides is 1. The van der Waals surface area contributed by atoms with E-state index in [-0.39, 0.29) is 28.9 Å². The molecule has 5 rings (SSSR count). The van der Waals surface area contributed by atoms with Gasteiger partial charge in [0.1, 0.15) is 11.5 Å². The number of sulfonamides is 1. The van der Waals surface area contributed by atoms with Crippen molar-refractivity contribution in [3.63, 3.8) is 0 Å². The zero-order valence-electron chi connectivity index (χ0n) is 22.2. The van der Waals surface area contributed by atoms with Crippen LogP contribution in [-0.4, -0.2) is 67.6 Å². The van der Waals surface area contributed by atoms with E-state index in [1.165, 1.54) is 0 Å². The molecule has 1 saturated heterocycles. The van der Waals surface area contributed by atoms with Crippen molar-refractivity contribution in [2.45, 2.75) is 90.6 Å². The predicted molar refractivity (Wildman–Crippen MR) is 137 cm³/mol. The molecule has 0 bridgehead atoms. The van der Waals surface area contributed by atoms with Gasteiger partial charge in [-0.1, -0.05) is 13.8 Å². The first kappa shape index (κ1) is 26.1. The summed E-state index contributed by atoms with van der Waals surface area (Å²) in [6, 6.07) is 0. The average Bonchev–Trinajstić information content (AvgIpc) is 3.00. The summed E-state index contributed by atoms with van der Waals surface area (Å²) in [4.78, 5) is 15.8. The maximum absolute atomic E-state index is 16.5. The van der Waals surface area contributed by atoms with Crippen LogP contribution in [0.3, 0.4) is 0 Å². The van der Waals surface area contributed by atoms with Crippen LogP contribution < -0.4 is 0 Å². The number of rotatable bonds is 5. The van der Waals surface area contributed by atoms with Gasteiger partial charge in [-0.25, -0.2) is 17.1 Å². The van der Waals surface area contributed by atoms with Crippen LogP contribution in [0.25, 0.3) is 0 Å². The molecule has 0 spiro atoms. The minimum absolute atomic E-state index is 0.00679. The Morgan fingerprint density at radius 3 is 2.54 bits per heavy atom. The number of nitrogens with zero attached hydrogens (tertiary/aromatic N) is 2. The standard InChI is InChI=1S/C28H47FN2O3S/c1-4-35(33,34)31-15-5-14-30(16-17-31)19-26(32)25-9-8-23-22-7-6-21-18-20(2)10-13-28(21,29)24(22)11-12-27(23,25)3/h20-25H,4-19H2,1-3H3/t20-,21+,22?,23?,24?,25+,27-,28+/m0/s1. The highest BCUT2D eigenvalue weighted by Crippen LogP contribution is 2.66. The molecule has 5 fully saturated rings. The Labute approximate surface area is 212 Å². The normalized spacial score (nSPS) is 45.3. The lowest BCUT2D eigenvalue weighted by atomic mass is 9.48. The SMILES string of the molecule is CCS(=O)(=O)N1CCCN(CC(=O)[C@H]2CCC3C4CC[C@@H]5C[C@@H](C)CC[C@]5(F)C4CC[C@@]32C)CC1. The van der Waals surface area contributed by atoms with Gasteiger partial charge in [-0.3, -0.25) is 9.69 Å². The van der Waals surface area contributed by atoms with Crippen LogP contribution in [0.2, 0.25) is 0 Å². The number of hydrogen-bond acceptors (Lipinski definition) is 4. The van der Waals surface area contributed by atoms with E-state index in [9.17, 15) is 13.2 Å². The molecule has 0 aromatic rings. The van der Waals surface area contributed by atoms with E-state index >= 15 is 4.39 Å². The summed E-state index contributed by atoms with van der Waals surface area (Å²) in [7, 11) is -3.17. The number of halogens is 1. The smallest absolute Gasteiger partial charge is 0.213 e. The number of hydrogen-bond donors (Lipinski definition) is 0. The second kappa shape index (κ2) is 9.65. The summed E-state index contributed by atoms with van der Waals surface area (Å²) in [6.45, 7) is 9.22. The molecule has 0 radical (unpaired) electrons. The van der Waals surface area contributed by atoms with Crippen LogP contribution in [0.4, 0.5) is 4.39 Å². The van der Waals surface area contributed by atoms with Crippen molar-refractivity contribution in [3.8, 4) is 0 Å². The minimum atomic E-state index is -3.17. The zero-order chi connectivity index (χ0) is 25.0. The number of Topliss-reactive ketones (excluding diaryl/α,β-unsaturated/α-hetero) is 1. The molecule has 0 N–H and O–H groups in total. The molecule has 8 atom stereocenters. The van der Waals surface area contributed by atoms with E-state index in [0.29, 0.717) is 49.7 Å². The van der Waals surface area contributed by atoms with Gasteiger partial charge in [0, 0.05) is 25.6 Å². The van der Waals surface area contributed by atoms with Crippen molar-refractivity contribution < 1.29 is 17.6 Å². The van der Waals surface area contributed by atoms with E-state index in [4.69, 9.17) is 0 Å². The molecule has 200 valence electrons. The summed E-state index contributed by atoms with van der Waals surface area (Å²) in [6.07, 6.45) is 9.80. The minimum Gasteiger partial charge on any atom is -0.298 e. The average molecular weight is 511 g/mol. The molecule has 4 saturated carbocycles. The molecule has 1 heterocycles. The third kappa shape index (κ3) is 4.54. The van der Waals surface area contributed by atoms with Crippen LogP contribution in [-0.2, 0) is 14.8 Å². The van der Waals surface area contributed by atoms with Crippen LogP contribution in [0.5, 0.6) is 0 Å². The summed E-state index contributed by atoms with van der Waals surface area (Å²) in [5, 5.41) is 0. The van der Waals surface area contributed by atoms with Gasteiger partial charge in [-0.15, -0.1) is 0 Å². The van der Waals surface area contributed by atoms with Crippen LogP contribution >= 0.6 is 0 Å². The van der Waals surface area contributed by atoms with Crippen molar-refractivity contribution in [1.29, 1.82) is 0 Å². The molecule has 0 amide bonds. The van der Waals surface area contributed by atoms with E-state index in [2.05, 4.69) is 18.7 Å². The van der Waals surface area contributed by atoms with Crippen molar-refractivity contribution in [2.24, 2.45) is 40.9 Å². The van der Waals surface area contributed by atoms with Gasteiger partial charge in [0.2, 0.25) is 10.0 Å². The quantitative estimate of drug-likeness (QED) is 0.527. The Kier molecular flexibility index (Phi) is 7.19. The fourth-order valence-electron chi connectivity index (χ4n) is 9.42. The van der Waals surface area contributed by atoms with Crippen molar-refractivity contribution in [3.05, 3.63) is 0 Å². The highest BCUT2D eigenvalue weighted by atomic mass is 32.2. The van der Waals surface area contributed by atoms with E-state index in [1.807, 2.05) is 0 Å². The van der Waals surface area contributed by atoms with Crippen LogP contribution in [0.15, 0.2) is 0 Å². The predicted octanol–water partition coefficient (Wildman–Crippen LogP) is 4.91. The first-order valence-electron chi connectivity index (χ1n) is 14.5. The molecule has 7 heteroatoms. The fraction of sp³-hybridized carbons (Fsp3) is 0.964. The molecule has 0 aromatic heterocycles. The molecule has 1 aliphatic heterocycles. The summed E-state index contributed by atoms with van der Waals surface area (Å²) in [5.74, 6) is 2.62. The first-order valence-corrected chi connectivity index (χ1v) is 16.1. The molecule has 4 aliphatic carbocycles. The first-order chi connectivity index (χ1) is 16.6. The molecule has 35 heavy (non-hydrogen) atoms. The van der Waals surface area contributed by atoms with E-state index in [1.54, 1.807) is 11.2 Å². The van der Waals surface area contributed by atoms with Crippen molar-refractivity contribution in [1.82, 2.24) is 9.21 Å². The Morgan fingerprint density at radius 1 is 0.971 bits per heavy atom. The van der Waals surface area contributed by atoms with Crippen molar-refractivity contribution >= 4 is 15.8 Å². The largest absolute Gasteiger partial charge is 0.298 e. The van der Waals surface area contributed by atoms with Gasteiger partial charge in [-0.2, -0.15) is 0 Å². The van der Waals surface area contributed by atoms with Gasteiger partial charge in [0.25, 0.3) is 0 Å². The highest BCUT2D eigenvalue weighted by molar-refractivity contribution is 7.89. The Bertz CT molecular complexity index is 912. The monoisotopic (exact) mass is 510 g/mol. The molecule has 0 aromatic carbocycles. The number of ketones is 1. The van der Waals surface area contributed by atoms with Gasteiger partial charge >= 0.3 is 0 Å². The van der Waals surface area contributed by atoms with Gasteiger partial charge < -0.3 is 0 Å². The number of carbonyl (C=O) groups is 1. The Hall–Kier alpha value is -0.530. The number of fused-ring (bicyclic) bond motifs is 5. The molecular formula is C28H47FN2O3S. The molecule has 3 unspecified atom stereocenters. The second-order valence-electron chi connectivity index (χ2n) is 13.0. The van der Waals surface area contributed by atoms with Gasteiger partial charge in [0.15, 0.2) is 0 Å². The van der Waals surface area contributed by atoms with Crippen LogP contribution in [0, 0.1) is 40.9 Å². The van der Waals surface area contributed by atoms with E-state index < -0.39 is 15.7 Å². The van der Waals surface area contributed by atoms with Crippen LogP contribution in [0.1, 0.15) is 85.0 Å². The van der Waals surface area contributed by atoms with Gasteiger partial charge in [-0.05, 0) is 113 Å². The lowest BCUT2D eigenvalue weighted by Gasteiger charge is -2.58. The fourth-order valence-corrected chi connectivity index (χ4v) is 10.6. The molecular weight excluding hydrogens is 463 g/mol. The maximum atomic E-state index is 16.5. The Morgan fingerprint density at radius 2 is 1.77 bits per heavy atom. The molecule has 5 nitrogen and oxygen atoms in total. The third-order valence-corrected chi connectivity index (χ3v) is 13.2.